The van der Waals surface area contributed by atoms with Gasteiger partial charge in [-0.1, -0.05) is 17.7 Å². The molecule has 1 aromatic carbocycles. The first-order valence-corrected chi connectivity index (χ1v) is 9.54. The van der Waals surface area contributed by atoms with E-state index in [2.05, 4.69) is 10.3 Å². The third kappa shape index (κ3) is 3.80. The lowest BCUT2D eigenvalue weighted by Crippen LogP contribution is -2.16. The van der Waals surface area contributed by atoms with E-state index in [9.17, 15) is 9.59 Å². The minimum Gasteiger partial charge on any atom is -0.325 e. The number of nitrogens with one attached hydrogen (secondary N) is 1. The Labute approximate surface area is 151 Å². The van der Waals surface area contributed by atoms with Crippen LogP contribution < -0.4 is 10.9 Å². The Bertz CT molecular complexity index is 952. The van der Waals surface area contributed by atoms with E-state index in [4.69, 9.17) is 11.6 Å². The molecule has 0 spiro atoms. The van der Waals surface area contributed by atoms with Crippen molar-refractivity contribution in [3.05, 3.63) is 62.5 Å². The molecule has 0 aliphatic heterocycles. The highest BCUT2D eigenvalue weighted by atomic mass is 35.5. The first kappa shape index (κ1) is 17.0. The maximum absolute atomic E-state index is 12.0. The number of nitrogens with zero attached hydrogens (tertiary/aromatic N) is 2. The molecular weight excluding hydrogens is 366 g/mol. The van der Waals surface area contributed by atoms with Crippen molar-refractivity contribution in [2.75, 3.05) is 11.1 Å². The third-order valence-electron chi connectivity index (χ3n) is 3.38. The van der Waals surface area contributed by atoms with Crippen LogP contribution in [0, 0.1) is 6.92 Å². The summed E-state index contributed by atoms with van der Waals surface area (Å²) in [6.07, 6.45) is 1.70. The van der Waals surface area contributed by atoms with Gasteiger partial charge >= 0.3 is 0 Å². The molecule has 0 saturated heterocycles. The zero-order valence-corrected chi connectivity index (χ0v) is 15.2. The summed E-state index contributed by atoms with van der Waals surface area (Å²) in [5.74, 6) is 0.669. The quantitative estimate of drug-likeness (QED) is 0.735. The van der Waals surface area contributed by atoms with Gasteiger partial charge in [-0.3, -0.25) is 14.0 Å². The standard InChI is InChI=1S/C16H14ClN3O2S2/c1-10-12(17)3-2-4-13(10)19-14(21)9-23-8-11-7-15(22)20-5-6-24-16(20)18-11/h2-7H,8-9H2,1H3,(H,19,21). The van der Waals surface area contributed by atoms with Crippen molar-refractivity contribution in [1.29, 1.82) is 0 Å². The molecule has 0 fully saturated rings. The molecule has 0 unspecified atom stereocenters. The van der Waals surface area contributed by atoms with Crippen molar-refractivity contribution in [1.82, 2.24) is 9.38 Å². The molecular formula is C16H14ClN3O2S2. The molecule has 5 nitrogen and oxygen atoms in total. The van der Waals surface area contributed by atoms with Gasteiger partial charge < -0.3 is 5.32 Å². The molecule has 3 rings (SSSR count). The van der Waals surface area contributed by atoms with E-state index < -0.39 is 0 Å². The summed E-state index contributed by atoms with van der Waals surface area (Å²) >= 11 is 8.86. The van der Waals surface area contributed by atoms with Gasteiger partial charge in [0.15, 0.2) is 4.96 Å². The van der Waals surface area contributed by atoms with Crippen LogP contribution in [-0.4, -0.2) is 21.0 Å². The van der Waals surface area contributed by atoms with Crippen molar-refractivity contribution < 1.29 is 4.79 Å². The summed E-state index contributed by atoms with van der Waals surface area (Å²) in [6.45, 7) is 1.86. The highest BCUT2D eigenvalue weighted by molar-refractivity contribution is 7.99. The van der Waals surface area contributed by atoms with Crippen LogP contribution >= 0.6 is 34.7 Å². The number of rotatable bonds is 5. The number of anilines is 1. The summed E-state index contributed by atoms with van der Waals surface area (Å²) in [4.78, 5) is 29.0. The second kappa shape index (κ2) is 7.38. The van der Waals surface area contributed by atoms with Crippen LogP contribution in [0.2, 0.25) is 5.02 Å². The van der Waals surface area contributed by atoms with Gasteiger partial charge in [-0.15, -0.1) is 23.1 Å². The number of amides is 1. The number of thiazole rings is 1. The minimum absolute atomic E-state index is 0.101. The van der Waals surface area contributed by atoms with Gasteiger partial charge in [0.25, 0.3) is 5.56 Å². The molecule has 3 aromatic rings. The van der Waals surface area contributed by atoms with Gasteiger partial charge in [-0.2, -0.15) is 0 Å². The molecule has 0 aliphatic carbocycles. The average Bonchev–Trinajstić information content (AvgIpc) is 3.01. The Kier molecular flexibility index (Phi) is 5.23. The van der Waals surface area contributed by atoms with Gasteiger partial charge in [0.2, 0.25) is 5.91 Å². The molecule has 0 aliphatic rings. The number of aromatic nitrogens is 2. The topological polar surface area (TPSA) is 63.5 Å². The molecule has 2 heterocycles. The number of fused-ring (bicyclic) bond motifs is 1. The monoisotopic (exact) mass is 379 g/mol. The molecule has 124 valence electrons. The van der Waals surface area contributed by atoms with Crippen LogP contribution in [0.1, 0.15) is 11.3 Å². The normalized spacial score (nSPS) is 10.9. The summed E-state index contributed by atoms with van der Waals surface area (Å²) in [5.41, 5.74) is 2.13. The third-order valence-corrected chi connectivity index (χ3v) is 5.51. The van der Waals surface area contributed by atoms with E-state index in [1.54, 1.807) is 18.3 Å². The lowest BCUT2D eigenvalue weighted by Gasteiger charge is -2.09. The molecule has 1 amide bonds. The molecule has 0 saturated carbocycles. The van der Waals surface area contributed by atoms with Crippen LogP contribution in [0.5, 0.6) is 0 Å². The predicted molar refractivity (Wildman–Crippen MR) is 100 cm³/mol. The van der Waals surface area contributed by atoms with Gasteiger partial charge in [-0.25, -0.2) is 4.98 Å². The van der Waals surface area contributed by atoms with E-state index in [-0.39, 0.29) is 17.2 Å². The summed E-state index contributed by atoms with van der Waals surface area (Å²) in [6, 6.07) is 6.90. The largest absolute Gasteiger partial charge is 0.325 e. The first-order chi connectivity index (χ1) is 11.5. The van der Waals surface area contributed by atoms with Gasteiger partial charge in [0.1, 0.15) is 0 Å². The van der Waals surface area contributed by atoms with Crippen LogP contribution in [0.3, 0.4) is 0 Å². The lowest BCUT2D eigenvalue weighted by atomic mass is 10.2. The van der Waals surface area contributed by atoms with E-state index >= 15 is 0 Å². The van der Waals surface area contributed by atoms with E-state index in [1.807, 2.05) is 18.4 Å². The molecule has 24 heavy (non-hydrogen) atoms. The van der Waals surface area contributed by atoms with E-state index in [0.29, 0.717) is 27.1 Å². The summed E-state index contributed by atoms with van der Waals surface area (Å²) in [5, 5.41) is 5.29. The number of thioether (sulfide) groups is 1. The number of benzene rings is 1. The number of hydrogen-bond donors (Lipinski definition) is 1. The Hall–Kier alpha value is -1.83. The average molecular weight is 380 g/mol. The Morgan fingerprint density at radius 1 is 1.46 bits per heavy atom. The second-order valence-corrected chi connectivity index (χ2v) is 7.36. The Morgan fingerprint density at radius 2 is 2.29 bits per heavy atom. The SMILES string of the molecule is Cc1c(Cl)cccc1NC(=O)CSCc1cc(=O)n2ccsc2n1. The van der Waals surface area contributed by atoms with Crippen molar-refractivity contribution in [3.8, 4) is 0 Å². The number of hydrogen-bond acceptors (Lipinski definition) is 5. The first-order valence-electron chi connectivity index (χ1n) is 7.13. The number of carbonyl (C=O) groups excluding carboxylic acids is 1. The highest BCUT2D eigenvalue weighted by Crippen LogP contribution is 2.23. The van der Waals surface area contributed by atoms with Gasteiger partial charge in [-0.05, 0) is 24.6 Å². The maximum atomic E-state index is 12.0. The predicted octanol–water partition coefficient (Wildman–Crippen LogP) is 3.59. The zero-order valence-electron chi connectivity index (χ0n) is 12.8. The van der Waals surface area contributed by atoms with Crippen molar-refractivity contribution >= 4 is 51.3 Å². The van der Waals surface area contributed by atoms with E-state index in [1.165, 1.54) is 33.6 Å². The molecule has 0 radical (unpaired) electrons. The fourth-order valence-electron chi connectivity index (χ4n) is 2.14. The molecule has 0 atom stereocenters. The number of halogens is 1. The fourth-order valence-corrected chi connectivity index (χ4v) is 3.77. The highest BCUT2D eigenvalue weighted by Gasteiger charge is 2.08. The zero-order chi connectivity index (χ0) is 17.1. The van der Waals surface area contributed by atoms with Crippen LogP contribution in [0.15, 0.2) is 40.6 Å². The summed E-state index contributed by atoms with van der Waals surface area (Å²) < 4.78 is 1.51. The van der Waals surface area contributed by atoms with Crippen LogP contribution in [0.4, 0.5) is 5.69 Å². The van der Waals surface area contributed by atoms with Gasteiger partial charge in [0.05, 0.1) is 11.4 Å². The van der Waals surface area contributed by atoms with Crippen molar-refractivity contribution in [2.24, 2.45) is 0 Å². The second-order valence-electron chi connectivity index (χ2n) is 5.09. The number of carbonyl (C=O) groups is 1. The molecule has 2 aromatic heterocycles. The van der Waals surface area contributed by atoms with Crippen LogP contribution in [0.25, 0.3) is 4.96 Å². The van der Waals surface area contributed by atoms with Gasteiger partial charge in [0, 0.05) is 34.1 Å². The molecule has 0 bridgehead atoms. The van der Waals surface area contributed by atoms with Crippen LogP contribution in [-0.2, 0) is 10.5 Å². The Balaban J connectivity index is 1.58. The lowest BCUT2D eigenvalue weighted by molar-refractivity contribution is -0.113. The summed E-state index contributed by atoms with van der Waals surface area (Å²) in [7, 11) is 0. The fraction of sp³-hybridized carbons (Fsp3) is 0.188. The molecule has 1 N–H and O–H groups in total. The maximum Gasteiger partial charge on any atom is 0.258 e. The van der Waals surface area contributed by atoms with Crippen molar-refractivity contribution in [2.45, 2.75) is 12.7 Å². The minimum atomic E-state index is -0.112. The van der Waals surface area contributed by atoms with Crippen molar-refractivity contribution in [3.63, 3.8) is 0 Å². The van der Waals surface area contributed by atoms with E-state index in [0.717, 1.165) is 5.56 Å². The smallest absolute Gasteiger partial charge is 0.258 e. The molecule has 8 heteroatoms. The Morgan fingerprint density at radius 3 is 3.12 bits per heavy atom.